The SMILES string of the molecule is CCOC(=O)NC1CCN(Cc2ccc(-c3cc4nccc(Oc5ccc(CC(=O)CC6CC6)cc5F)c4s3)nc2)CC1. The highest BCUT2D eigenvalue weighted by atomic mass is 32.1. The van der Waals surface area contributed by atoms with Gasteiger partial charge in [-0.15, -0.1) is 11.3 Å². The third kappa shape index (κ3) is 7.55. The first-order valence-electron chi connectivity index (χ1n) is 14.9. The number of aromatic nitrogens is 2. The maximum Gasteiger partial charge on any atom is 0.407 e. The van der Waals surface area contributed by atoms with Crippen molar-refractivity contribution in [3.8, 4) is 22.1 Å². The molecular formula is C33H35FN4O4S. The second-order valence-corrected chi connectivity index (χ2v) is 12.4. The number of benzene rings is 1. The molecule has 2 fully saturated rings. The number of pyridine rings is 2. The number of fused-ring (bicyclic) bond motifs is 1. The van der Waals surface area contributed by atoms with Crippen molar-refractivity contribution in [3.05, 3.63) is 71.8 Å². The van der Waals surface area contributed by atoms with Gasteiger partial charge in [0.1, 0.15) is 11.5 Å². The molecule has 0 unspecified atom stereocenters. The second kappa shape index (κ2) is 13.2. The Morgan fingerprint density at radius 3 is 2.56 bits per heavy atom. The average molecular weight is 603 g/mol. The summed E-state index contributed by atoms with van der Waals surface area (Å²) in [4.78, 5) is 36.4. The Labute approximate surface area is 254 Å². The molecule has 1 aliphatic carbocycles. The highest BCUT2D eigenvalue weighted by Gasteiger charge is 2.24. The Hall–Kier alpha value is -3.89. The summed E-state index contributed by atoms with van der Waals surface area (Å²) in [6.45, 7) is 4.76. The van der Waals surface area contributed by atoms with Gasteiger partial charge in [0.05, 0.1) is 27.4 Å². The lowest BCUT2D eigenvalue weighted by molar-refractivity contribution is -0.118. The van der Waals surface area contributed by atoms with Crippen LogP contribution in [0.15, 0.2) is 54.9 Å². The van der Waals surface area contributed by atoms with Crippen LogP contribution in [0, 0.1) is 11.7 Å². The van der Waals surface area contributed by atoms with Crippen molar-refractivity contribution < 1.29 is 23.5 Å². The van der Waals surface area contributed by atoms with Crippen molar-refractivity contribution in [2.24, 2.45) is 5.92 Å². The number of carbonyl (C=O) groups excluding carboxylic acids is 2. The van der Waals surface area contributed by atoms with E-state index in [1.54, 1.807) is 31.3 Å². The fraction of sp³-hybridized carbons (Fsp3) is 0.394. The lowest BCUT2D eigenvalue weighted by atomic mass is 10.0. The predicted octanol–water partition coefficient (Wildman–Crippen LogP) is 6.91. The Kier molecular flexibility index (Phi) is 8.95. The quantitative estimate of drug-likeness (QED) is 0.199. The van der Waals surface area contributed by atoms with Gasteiger partial charge in [-0.3, -0.25) is 19.7 Å². The topological polar surface area (TPSA) is 93.6 Å². The third-order valence-corrected chi connectivity index (χ3v) is 9.04. The van der Waals surface area contributed by atoms with Gasteiger partial charge in [-0.2, -0.15) is 0 Å². The molecule has 6 rings (SSSR count). The molecule has 0 radical (unpaired) electrons. The summed E-state index contributed by atoms with van der Waals surface area (Å²) in [6.07, 6.45) is 8.07. The van der Waals surface area contributed by atoms with Crippen LogP contribution < -0.4 is 10.1 Å². The first-order chi connectivity index (χ1) is 20.9. The Bertz CT molecular complexity index is 1600. The first kappa shape index (κ1) is 29.2. The van der Waals surface area contributed by atoms with Gasteiger partial charge < -0.3 is 14.8 Å². The van der Waals surface area contributed by atoms with Crippen LogP contribution in [0.1, 0.15) is 50.2 Å². The summed E-state index contributed by atoms with van der Waals surface area (Å²) in [5, 5.41) is 2.93. The summed E-state index contributed by atoms with van der Waals surface area (Å²) < 4.78 is 26.8. The van der Waals surface area contributed by atoms with Gasteiger partial charge in [0, 0.05) is 57.0 Å². The smallest absolute Gasteiger partial charge is 0.407 e. The molecule has 1 saturated heterocycles. The van der Waals surface area contributed by atoms with E-state index in [4.69, 9.17) is 14.5 Å². The van der Waals surface area contributed by atoms with Crippen LogP contribution in [0.25, 0.3) is 20.8 Å². The van der Waals surface area contributed by atoms with Crippen LogP contribution in [-0.4, -0.2) is 52.5 Å². The minimum atomic E-state index is -0.491. The molecule has 1 N–H and O–H groups in total. The van der Waals surface area contributed by atoms with Crippen LogP contribution >= 0.6 is 11.3 Å². The molecule has 1 saturated carbocycles. The number of Topliss-reactive ketones (excluding diaryl/α,β-unsaturated/α-hetero) is 1. The van der Waals surface area contributed by atoms with Gasteiger partial charge in [-0.05, 0) is 73.9 Å². The highest BCUT2D eigenvalue weighted by Crippen LogP contribution is 2.39. The number of hydrogen-bond donors (Lipinski definition) is 1. The number of ether oxygens (including phenoxy) is 2. The fourth-order valence-corrected chi connectivity index (χ4v) is 6.46. The van der Waals surface area contributed by atoms with Crippen LogP contribution in [0.4, 0.5) is 9.18 Å². The van der Waals surface area contributed by atoms with E-state index in [0.29, 0.717) is 30.3 Å². The molecule has 3 aromatic heterocycles. The van der Waals surface area contributed by atoms with Gasteiger partial charge in [-0.25, -0.2) is 9.18 Å². The minimum Gasteiger partial charge on any atom is -0.453 e. The third-order valence-electron chi connectivity index (χ3n) is 7.87. The zero-order valence-electron chi connectivity index (χ0n) is 24.2. The van der Waals surface area contributed by atoms with Crippen LogP contribution in [0.2, 0.25) is 0 Å². The molecular weight excluding hydrogens is 567 g/mol. The Morgan fingerprint density at radius 2 is 1.84 bits per heavy atom. The summed E-state index contributed by atoms with van der Waals surface area (Å²) in [6, 6.07) is 12.7. The van der Waals surface area contributed by atoms with E-state index >= 15 is 0 Å². The number of likely N-dealkylation sites (tertiary alicyclic amines) is 1. The lowest BCUT2D eigenvalue weighted by Gasteiger charge is -2.32. The summed E-state index contributed by atoms with van der Waals surface area (Å²) in [7, 11) is 0. The van der Waals surface area contributed by atoms with Crippen molar-refractivity contribution in [2.45, 2.75) is 58.0 Å². The monoisotopic (exact) mass is 602 g/mol. The summed E-state index contributed by atoms with van der Waals surface area (Å²) >= 11 is 1.50. The lowest BCUT2D eigenvalue weighted by Crippen LogP contribution is -2.44. The summed E-state index contributed by atoms with van der Waals surface area (Å²) in [5.74, 6) is 0.827. The molecule has 10 heteroatoms. The normalized spacial score (nSPS) is 15.9. The number of piperidine rings is 1. The van der Waals surface area contributed by atoms with E-state index in [9.17, 15) is 14.0 Å². The number of nitrogens with zero attached hydrogens (tertiary/aromatic N) is 3. The number of halogens is 1. The van der Waals surface area contributed by atoms with Crippen molar-refractivity contribution in [1.82, 2.24) is 20.2 Å². The number of thiophene rings is 1. The van der Waals surface area contributed by atoms with E-state index in [1.165, 1.54) is 17.4 Å². The van der Waals surface area contributed by atoms with E-state index < -0.39 is 5.82 Å². The van der Waals surface area contributed by atoms with E-state index in [-0.39, 0.29) is 30.1 Å². The van der Waals surface area contributed by atoms with Crippen molar-refractivity contribution in [1.29, 1.82) is 0 Å². The zero-order valence-corrected chi connectivity index (χ0v) is 25.0. The molecule has 1 amide bonds. The molecule has 0 spiro atoms. The van der Waals surface area contributed by atoms with Gasteiger partial charge >= 0.3 is 6.09 Å². The van der Waals surface area contributed by atoms with Crippen LogP contribution in [0.5, 0.6) is 11.5 Å². The maximum absolute atomic E-state index is 15.0. The fourth-order valence-electron chi connectivity index (χ4n) is 5.42. The number of carbonyl (C=O) groups is 2. The van der Waals surface area contributed by atoms with Crippen molar-refractivity contribution >= 4 is 33.4 Å². The molecule has 4 heterocycles. The zero-order chi connectivity index (χ0) is 29.8. The number of alkyl carbamates (subject to hydrolysis) is 1. The number of rotatable bonds is 11. The number of nitrogens with one attached hydrogen (secondary N) is 1. The average Bonchev–Trinajstić information content (AvgIpc) is 3.69. The molecule has 43 heavy (non-hydrogen) atoms. The number of hydrogen-bond acceptors (Lipinski definition) is 8. The first-order valence-corrected chi connectivity index (χ1v) is 15.7. The van der Waals surface area contributed by atoms with Crippen molar-refractivity contribution in [3.63, 3.8) is 0 Å². The molecule has 2 aliphatic rings. The van der Waals surface area contributed by atoms with Gasteiger partial charge in [-0.1, -0.05) is 12.1 Å². The molecule has 8 nitrogen and oxygen atoms in total. The molecule has 0 bridgehead atoms. The standard InChI is InChI=1S/C33H35FN4O4S/c1-2-41-33(40)37-24-10-13-38(14-11-24)20-23-5-7-27(36-19-23)31-18-28-32(43-31)30(9-12-35-28)42-29-8-6-22(17-26(29)34)16-25(39)15-21-3-4-21/h5-9,12,17-19,21,24H,2-4,10-11,13-16,20H2,1H3,(H,37,40). The molecule has 1 aromatic carbocycles. The number of amides is 1. The van der Waals surface area contributed by atoms with E-state index in [1.807, 2.05) is 18.3 Å². The summed E-state index contributed by atoms with van der Waals surface area (Å²) in [5.41, 5.74) is 3.38. The van der Waals surface area contributed by atoms with Crippen molar-refractivity contribution in [2.75, 3.05) is 19.7 Å². The highest BCUT2D eigenvalue weighted by molar-refractivity contribution is 7.22. The second-order valence-electron chi connectivity index (χ2n) is 11.3. The number of ketones is 1. The Morgan fingerprint density at radius 1 is 1.02 bits per heavy atom. The van der Waals surface area contributed by atoms with E-state index in [2.05, 4.69) is 21.3 Å². The van der Waals surface area contributed by atoms with Gasteiger partial charge in [0.15, 0.2) is 11.6 Å². The van der Waals surface area contributed by atoms with Crippen LogP contribution in [-0.2, 0) is 22.5 Å². The maximum atomic E-state index is 15.0. The predicted molar refractivity (Wildman–Crippen MR) is 164 cm³/mol. The molecule has 1 aliphatic heterocycles. The van der Waals surface area contributed by atoms with E-state index in [0.717, 1.165) is 71.7 Å². The molecule has 224 valence electrons. The molecule has 0 atom stereocenters. The molecule has 4 aromatic rings. The Balaban J connectivity index is 1.08. The largest absolute Gasteiger partial charge is 0.453 e. The van der Waals surface area contributed by atoms with Gasteiger partial charge in [0.25, 0.3) is 0 Å². The van der Waals surface area contributed by atoms with Crippen LogP contribution in [0.3, 0.4) is 0 Å². The van der Waals surface area contributed by atoms with Gasteiger partial charge in [0.2, 0.25) is 0 Å². The minimum absolute atomic E-state index is 0.115.